The minimum absolute atomic E-state index is 0.0456. The van der Waals surface area contributed by atoms with Gasteiger partial charge in [0.2, 0.25) is 0 Å². The van der Waals surface area contributed by atoms with Crippen molar-refractivity contribution in [1.82, 2.24) is 0 Å². The number of amides is 1. The molecule has 5 heteroatoms. The largest absolute Gasteiger partial charge is 0.507 e. The van der Waals surface area contributed by atoms with Crippen molar-refractivity contribution in [3.63, 3.8) is 0 Å². The first-order chi connectivity index (χ1) is 10.8. The van der Waals surface area contributed by atoms with Crippen LogP contribution in [0.2, 0.25) is 0 Å². The van der Waals surface area contributed by atoms with E-state index in [1.165, 1.54) is 12.1 Å². The molecular formula is C18H19NO4. The maximum atomic E-state index is 11.9. The lowest BCUT2D eigenvalue weighted by Crippen LogP contribution is -2.21. The summed E-state index contributed by atoms with van der Waals surface area (Å²) in [5.74, 6) is -1.34. The zero-order chi connectivity index (χ0) is 17.0. The molecule has 2 aromatic rings. The van der Waals surface area contributed by atoms with Crippen molar-refractivity contribution in [3.8, 4) is 5.75 Å². The molecule has 2 rings (SSSR count). The molecule has 120 valence electrons. The van der Waals surface area contributed by atoms with E-state index in [9.17, 15) is 14.7 Å². The summed E-state index contributed by atoms with van der Waals surface area (Å²) in [5.41, 5.74) is 3.57. The van der Waals surface area contributed by atoms with E-state index in [0.717, 1.165) is 16.7 Å². The van der Waals surface area contributed by atoms with Gasteiger partial charge in [-0.05, 0) is 56.2 Å². The molecule has 23 heavy (non-hydrogen) atoms. The van der Waals surface area contributed by atoms with Gasteiger partial charge in [-0.3, -0.25) is 4.79 Å². The summed E-state index contributed by atoms with van der Waals surface area (Å²) in [6.45, 7) is 5.24. The van der Waals surface area contributed by atoms with E-state index in [1.54, 1.807) is 13.0 Å². The number of aryl methyl sites for hydroxylation is 3. The topological polar surface area (TPSA) is 75.6 Å². The molecule has 0 aliphatic rings. The predicted molar refractivity (Wildman–Crippen MR) is 87.7 cm³/mol. The van der Waals surface area contributed by atoms with Crippen LogP contribution in [0, 0.1) is 20.8 Å². The number of phenolic OH excluding ortho intramolecular Hbond substituents is 1. The molecule has 0 heterocycles. The van der Waals surface area contributed by atoms with Crippen LogP contribution in [0.15, 0.2) is 36.4 Å². The maximum Gasteiger partial charge on any atom is 0.342 e. The van der Waals surface area contributed by atoms with Crippen LogP contribution >= 0.6 is 0 Å². The Balaban J connectivity index is 1.96. The van der Waals surface area contributed by atoms with E-state index < -0.39 is 18.5 Å². The Hall–Kier alpha value is -2.82. The van der Waals surface area contributed by atoms with Crippen molar-refractivity contribution in [2.24, 2.45) is 0 Å². The summed E-state index contributed by atoms with van der Waals surface area (Å²) in [6.07, 6.45) is 0. The molecule has 0 aliphatic heterocycles. The van der Waals surface area contributed by atoms with Crippen LogP contribution < -0.4 is 5.32 Å². The first-order valence-electron chi connectivity index (χ1n) is 7.20. The highest BCUT2D eigenvalue weighted by Crippen LogP contribution is 2.19. The van der Waals surface area contributed by atoms with Crippen molar-refractivity contribution in [2.45, 2.75) is 20.8 Å². The third kappa shape index (κ3) is 4.57. The minimum Gasteiger partial charge on any atom is -0.507 e. The molecule has 2 aromatic carbocycles. The van der Waals surface area contributed by atoms with Gasteiger partial charge in [0.15, 0.2) is 6.61 Å². The van der Waals surface area contributed by atoms with Gasteiger partial charge >= 0.3 is 5.97 Å². The van der Waals surface area contributed by atoms with Gasteiger partial charge in [-0.25, -0.2) is 4.79 Å². The molecule has 0 spiro atoms. The van der Waals surface area contributed by atoms with Gasteiger partial charge in [0.1, 0.15) is 11.3 Å². The summed E-state index contributed by atoms with van der Waals surface area (Å²) >= 11 is 0. The van der Waals surface area contributed by atoms with E-state index in [4.69, 9.17) is 4.74 Å². The van der Waals surface area contributed by atoms with E-state index in [-0.39, 0.29) is 11.3 Å². The molecule has 1 amide bonds. The predicted octanol–water partition coefficient (Wildman–Crippen LogP) is 3.11. The van der Waals surface area contributed by atoms with Crippen LogP contribution in [0.5, 0.6) is 5.75 Å². The molecule has 0 fully saturated rings. The molecule has 0 radical (unpaired) electrons. The molecule has 0 bridgehead atoms. The minimum atomic E-state index is -0.734. The number of nitrogens with one attached hydrogen (secondary N) is 1. The molecule has 0 aromatic heterocycles. The van der Waals surface area contributed by atoms with E-state index in [0.29, 0.717) is 5.69 Å². The van der Waals surface area contributed by atoms with Crippen LogP contribution in [0.3, 0.4) is 0 Å². The third-order valence-electron chi connectivity index (χ3n) is 3.21. The zero-order valence-corrected chi connectivity index (χ0v) is 13.3. The first-order valence-corrected chi connectivity index (χ1v) is 7.20. The second-order valence-corrected chi connectivity index (χ2v) is 5.52. The van der Waals surface area contributed by atoms with Crippen LogP contribution in [-0.2, 0) is 9.53 Å². The normalized spacial score (nSPS) is 10.2. The second kappa shape index (κ2) is 6.96. The number of carbonyl (C=O) groups excluding carboxylic acids is 2. The van der Waals surface area contributed by atoms with E-state index in [1.807, 2.05) is 32.0 Å². The van der Waals surface area contributed by atoms with Crippen molar-refractivity contribution >= 4 is 17.6 Å². The fourth-order valence-corrected chi connectivity index (χ4v) is 2.27. The molecular weight excluding hydrogens is 294 g/mol. The number of carbonyl (C=O) groups is 2. The molecule has 5 nitrogen and oxygen atoms in total. The van der Waals surface area contributed by atoms with Gasteiger partial charge in [-0.1, -0.05) is 17.7 Å². The fraction of sp³-hybridized carbons (Fsp3) is 0.222. The number of benzene rings is 2. The highest BCUT2D eigenvalue weighted by molar-refractivity contribution is 5.96. The summed E-state index contributed by atoms with van der Waals surface area (Å²) < 4.78 is 4.95. The van der Waals surface area contributed by atoms with Gasteiger partial charge < -0.3 is 15.2 Å². The Morgan fingerprint density at radius 1 is 1.00 bits per heavy atom. The lowest BCUT2D eigenvalue weighted by atomic mass is 10.1. The Morgan fingerprint density at radius 3 is 2.30 bits per heavy atom. The number of rotatable bonds is 4. The number of anilines is 1. The lowest BCUT2D eigenvalue weighted by Gasteiger charge is -2.09. The number of ether oxygens (including phenoxy) is 1. The Kier molecular flexibility index (Phi) is 5.01. The van der Waals surface area contributed by atoms with Crippen molar-refractivity contribution in [1.29, 1.82) is 0 Å². The summed E-state index contributed by atoms with van der Waals surface area (Å²) in [5, 5.41) is 12.3. The van der Waals surface area contributed by atoms with Crippen molar-refractivity contribution in [3.05, 3.63) is 58.7 Å². The number of aromatic hydroxyl groups is 1. The number of esters is 1. The van der Waals surface area contributed by atoms with Crippen LogP contribution in [0.25, 0.3) is 0 Å². The maximum absolute atomic E-state index is 11.9. The summed E-state index contributed by atoms with van der Waals surface area (Å²) in [4.78, 5) is 23.8. The van der Waals surface area contributed by atoms with Gasteiger partial charge in [-0.2, -0.15) is 0 Å². The van der Waals surface area contributed by atoms with Crippen LogP contribution in [-0.4, -0.2) is 23.6 Å². The molecule has 0 saturated carbocycles. The highest BCUT2D eigenvalue weighted by Gasteiger charge is 2.14. The quantitative estimate of drug-likeness (QED) is 0.850. The SMILES string of the molecule is Cc1cc(C)cc(NC(=O)COC(=O)c2cc(C)ccc2O)c1. The standard InChI is InChI=1S/C18H19NO4/c1-11-4-5-16(20)15(9-11)18(22)23-10-17(21)19-14-7-12(2)6-13(3)8-14/h4-9,20H,10H2,1-3H3,(H,19,21). The van der Waals surface area contributed by atoms with Gasteiger partial charge in [0.05, 0.1) is 0 Å². The number of hydrogen-bond acceptors (Lipinski definition) is 4. The smallest absolute Gasteiger partial charge is 0.342 e. The van der Waals surface area contributed by atoms with Gasteiger partial charge in [-0.15, -0.1) is 0 Å². The third-order valence-corrected chi connectivity index (χ3v) is 3.21. The lowest BCUT2D eigenvalue weighted by molar-refractivity contribution is -0.119. The average Bonchev–Trinajstić information content (AvgIpc) is 2.46. The Morgan fingerprint density at radius 2 is 1.65 bits per heavy atom. The van der Waals surface area contributed by atoms with Crippen molar-refractivity contribution in [2.75, 3.05) is 11.9 Å². The zero-order valence-electron chi connectivity index (χ0n) is 13.3. The average molecular weight is 313 g/mol. The number of hydrogen-bond donors (Lipinski definition) is 2. The van der Waals surface area contributed by atoms with Crippen LogP contribution in [0.4, 0.5) is 5.69 Å². The molecule has 0 atom stereocenters. The summed E-state index contributed by atoms with van der Waals surface area (Å²) in [6, 6.07) is 10.3. The molecule has 2 N–H and O–H groups in total. The van der Waals surface area contributed by atoms with Gasteiger partial charge in [0, 0.05) is 5.69 Å². The van der Waals surface area contributed by atoms with E-state index >= 15 is 0 Å². The Labute approximate surface area is 134 Å². The Bertz CT molecular complexity index is 732. The van der Waals surface area contributed by atoms with Crippen molar-refractivity contribution < 1.29 is 19.4 Å². The highest BCUT2D eigenvalue weighted by atomic mass is 16.5. The fourth-order valence-electron chi connectivity index (χ4n) is 2.27. The van der Waals surface area contributed by atoms with Crippen LogP contribution in [0.1, 0.15) is 27.0 Å². The summed E-state index contributed by atoms with van der Waals surface area (Å²) in [7, 11) is 0. The molecule has 0 unspecified atom stereocenters. The monoisotopic (exact) mass is 313 g/mol. The second-order valence-electron chi connectivity index (χ2n) is 5.52. The molecule has 0 aliphatic carbocycles. The molecule has 0 saturated heterocycles. The number of phenols is 1. The van der Waals surface area contributed by atoms with Gasteiger partial charge in [0.25, 0.3) is 5.91 Å². The van der Waals surface area contributed by atoms with E-state index in [2.05, 4.69) is 5.32 Å². The first kappa shape index (κ1) is 16.5.